The summed E-state index contributed by atoms with van der Waals surface area (Å²) in [5, 5.41) is 22.8. The number of fused-ring (bicyclic) bond motifs is 8. The van der Waals surface area contributed by atoms with Gasteiger partial charge in [0.2, 0.25) is 0 Å². The van der Waals surface area contributed by atoms with Crippen LogP contribution in [-0.2, 0) is 9.47 Å². The molecule has 0 bridgehead atoms. The number of nitrogens with two attached hydrogens (primary N) is 1. The molecule has 4 aliphatic carbocycles. The van der Waals surface area contributed by atoms with Crippen molar-refractivity contribution in [2.24, 2.45) is 52.3 Å². The van der Waals surface area contributed by atoms with Gasteiger partial charge in [-0.3, -0.25) is 0 Å². The first kappa shape index (κ1) is 31.3. The molecule has 7 rings (SSSR count). The normalized spacial score (nSPS) is 48.3. The molecule has 1 aromatic carbocycles. The number of carboxylic acids is 1. The Labute approximate surface area is 258 Å². The maximum atomic E-state index is 10.4. The molecule has 1 aromatic rings. The number of ether oxygens (including phenoxy) is 2. The van der Waals surface area contributed by atoms with Gasteiger partial charge in [-0.2, -0.15) is 0 Å². The number of carboxylic acid groups (broad SMARTS) is 1. The molecule has 13 atom stereocenters. The van der Waals surface area contributed by atoms with Gasteiger partial charge in [0.05, 0.1) is 23.8 Å². The third kappa shape index (κ3) is 5.14. The number of benzene rings is 1. The Kier molecular flexibility index (Phi) is 8.45. The summed E-state index contributed by atoms with van der Waals surface area (Å²) in [6.07, 6.45) is 11.3. The molecular formula is C36H56N2O5. The molecular weight excluding hydrogens is 540 g/mol. The van der Waals surface area contributed by atoms with E-state index in [0.29, 0.717) is 46.4 Å². The monoisotopic (exact) mass is 596 g/mol. The number of hydrogen-bond acceptors (Lipinski definition) is 6. The minimum absolute atomic E-state index is 0.0509. The van der Waals surface area contributed by atoms with Crippen molar-refractivity contribution in [1.29, 1.82) is 0 Å². The van der Waals surface area contributed by atoms with Crippen LogP contribution in [0.1, 0.15) is 103 Å². The van der Waals surface area contributed by atoms with E-state index in [1.54, 1.807) is 18.2 Å². The Morgan fingerprint density at radius 2 is 1.81 bits per heavy atom. The lowest BCUT2D eigenvalue weighted by atomic mass is 9.44. The molecule has 7 heteroatoms. The van der Waals surface area contributed by atoms with Crippen molar-refractivity contribution >= 4 is 11.7 Å². The number of aliphatic hydroxyl groups excluding tert-OH is 1. The van der Waals surface area contributed by atoms with Gasteiger partial charge in [-0.15, -0.1) is 0 Å². The molecule has 6 fully saturated rings. The molecule has 2 saturated heterocycles. The van der Waals surface area contributed by atoms with Gasteiger partial charge in [-0.25, -0.2) is 4.79 Å². The molecule has 7 nitrogen and oxygen atoms in total. The Balaban J connectivity index is 0.000000281. The lowest BCUT2D eigenvalue weighted by Gasteiger charge is -2.62. The average molecular weight is 597 g/mol. The Hall–Kier alpha value is -1.67. The van der Waals surface area contributed by atoms with Crippen LogP contribution >= 0.6 is 0 Å². The summed E-state index contributed by atoms with van der Waals surface area (Å²) >= 11 is 0. The first-order chi connectivity index (χ1) is 20.4. The third-order valence-corrected chi connectivity index (χ3v) is 13.5. The predicted octanol–water partition coefficient (Wildman–Crippen LogP) is 6.35. The van der Waals surface area contributed by atoms with E-state index in [1.807, 2.05) is 0 Å². The molecule has 6 aliphatic rings. The molecule has 5 N–H and O–H groups in total. The number of para-hydroxylation sites is 1. The van der Waals surface area contributed by atoms with Crippen LogP contribution in [-0.4, -0.2) is 53.4 Å². The van der Waals surface area contributed by atoms with Crippen molar-refractivity contribution in [2.75, 3.05) is 18.9 Å². The molecule has 2 heterocycles. The zero-order valence-corrected chi connectivity index (χ0v) is 27.1. The predicted molar refractivity (Wildman–Crippen MR) is 168 cm³/mol. The number of hydrogen-bond donors (Lipinski definition) is 4. The van der Waals surface area contributed by atoms with Crippen molar-refractivity contribution in [3.05, 3.63) is 29.8 Å². The zero-order chi connectivity index (χ0) is 30.7. The number of anilines is 1. The number of nitrogen functional groups attached to an aromatic ring is 1. The summed E-state index contributed by atoms with van der Waals surface area (Å²) in [4.78, 5) is 10.3. The fourth-order valence-corrected chi connectivity index (χ4v) is 11.8. The Bertz CT molecular complexity index is 1180. The van der Waals surface area contributed by atoms with Gasteiger partial charge in [0.25, 0.3) is 0 Å². The lowest BCUT2D eigenvalue weighted by Crippen LogP contribution is -2.69. The highest BCUT2D eigenvalue weighted by atomic mass is 16.7. The number of aromatic carboxylic acids is 1. The minimum Gasteiger partial charge on any atom is -0.478 e. The molecule has 0 aromatic heterocycles. The van der Waals surface area contributed by atoms with Crippen molar-refractivity contribution in [2.45, 2.75) is 116 Å². The molecule has 4 saturated carbocycles. The number of rotatable bonds is 3. The molecule has 2 aliphatic heterocycles. The van der Waals surface area contributed by atoms with Crippen LogP contribution in [0.3, 0.4) is 0 Å². The summed E-state index contributed by atoms with van der Waals surface area (Å²) in [5.41, 5.74) is 6.64. The van der Waals surface area contributed by atoms with Gasteiger partial charge in [-0.1, -0.05) is 39.8 Å². The van der Waals surface area contributed by atoms with Gasteiger partial charge < -0.3 is 30.7 Å². The highest BCUT2D eigenvalue weighted by Gasteiger charge is 2.68. The second kappa shape index (κ2) is 11.6. The van der Waals surface area contributed by atoms with Crippen LogP contribution in [0, 0.1) is 52.3 Å². The van der Waals surface area contributed by atoms with Crippen molar-refractivity contribution < 1.29 is 24.5 Å². The summed E-state index contributed by atoms with van der Waals surface area (Å²) in [7, 11) is 0. The van der Waals surface area contributed by atoms with Gasteiger partial charge in [-0.05, 0) is 129 Å². The van der Waals surface area contributed by atoms with Crippen molar-refractivity contribution in [3.8, 4) is 0 Å². The summed E-state index contributed by atoms with van der Waals surface area (Å²) < 4.78 is 13.7. The highest BCUT2D eigenvalue weighted by molar-refractivity contribution is 5.93. The topological polar surface area (TPSA) is 114 Å². The second-order valence-electron chi connectivity index (χ2n) is 15.7. The van der Waals surface area contributed by atoms with Crippen LogP contribution < -0.4 is 11.1 Å². The summed E-state index contributed by atoms with van der Waals surface area (Å²) in [6, 6.07) is 6.68. The number of aliphatic hydroxyl groups is 1. The fourth-order valence-electron chi connectivity index (χ4n) is 11.8. The van der Waals surface area contributed by atoms with E-state index in [4.69, 9.17) is 20.3 Å². The van der Waals surface area contributed by atoms with Gasteiger partial charge >= 0.3 is 5.97 Å². The van der Waals surface area contributed by atoms with Crippen LogP contribution in [0.15, 0.2) is 24.3 Å². The van der Waals surface area contributed by atoms with E-state index in [-0.39, 0.29) is 11.7 Å². The number of carbonyl (C=O) groups is 1. The van der Waals surface area contributed by atoms with E-state index >= 15 is 0 Å². The Morgan fingerprint density at radius 3 is 2.51 bits per heavy atom. The first-order valence-corrected chi connectivity index (χ1v) is 17.2. The maximum absolute atomic E-state index is 10.4. The summed E-state index contributed by atoms with van der Waals surface area (Å²) in [6.45, 7) is 14.1. The van der Waals surface area contributed by atoms with E-state index in [0.717, 1.165) is 56.1 Å². The minimum atomic E-state index is -0.988. The standard InChI is InChI=1S/C29H49NO3.C7H7NO2/c1-6-32-29-15-17(2)16-30-26(29)18(3)25-24(33-29)14-23-21-8-7-19-13-20(31)9-11-27(19,4)22(21)10-12-28(23,25)5;8-6-4-2-1-3-5(6)7(9)10/h17-26,30-31H,6-16H2,1-5H3;1-4H,8H2,(H,9,10)/t17-,18+,19+,20+,21-,22+,23+,24-,25+,26-,27+,28+,29+;/m1./s1. The highest BCUT2D eigenvalue weighted by Crippen LogP contribution is 2.70. The van der Waals surface area contributed by atoms with E-state index in [2.05, 4.69) is 39.9 Å². The first-order valence-electron chi connectivity index (χ1n) is 17.2. The SMILES string of the molecule is CCO[C@]12C[C@@H](C)CN[C@@H]1[C@@H](C)[C@H]1[C@@H](C[C@H]3[C@@H]4CC[C@H]5C[C@@H](O)CC[C@]5(C)[C@H]4CC[C@]13C)O2.Nc1ccccc1C(=O)O. The second-order valence-corrected chi connectivity index (χ2v) is 15.7. The van der Waals surface area contributed by atoms with Crippen molar-refractivity contribution in [1.82, 2.24) is 5.32 Å². The fraction of sp³-hybridized carbons (Fsp3) is 0.806. The quantitative estimate of drug-likeness (QED) is 0.301. The summed E-state index contributed by atoms with van der Waals surface area (Å²) in [5.74, 6) is 3.62. The molecule has 240 valence electrons. The maximum Gasteiger partial charge on any atom is 0.337 e. The third-order valence-electron chi connectivity index (χ3n) is 13.5. The van der Waals surface area contributed by atoms with Crippen LogP contribution in [0.2, 0.25) is 0 Å². The smallest absolute Gasteiger partial charge is 0.337 e. The van der Waals surface area contributed by atoms with E-state index in [1.165, 1.54) is 44.6 Å². The van der Waals surface area contributed by atoms with E-state index < -0.39 is 11.8 Å². The zero-order valence-electron chi connectivity index (χ0n) is 27.1. The number of piperidine rings is 1. The molecule has 0 radical (unpaired) electrons. The Morgan fingerprint density at radius 1 is 1.07 bits per heavy atom. The molecule has 43 heavy (non-hydrogen) atoms. The van der Waals surface area contributed by atoms with Crippen LogP contribution in [0.5, 0.6) is 0 Å². The van der Waals surface area contributed by atoms with Gasteiger partial charge in [0, 0.05) is 18.7 Å². The average Bonchev–Trinajstić information content (AvgIpc) is 3.25. The van der Waals surface area contributed by atoms with Crippen molar-refractivity contribution in [3.63, 3.8) is 0 Å². The van der Waals surface area contributed by atoms with Crippen LogP contribution in [0.4, 0.5) is 5.69 Å². The molecule has 0 amide bonds. The van der Waals surface area contributed by atoms with E-state index in [9.17, 15) is 9.90 Å². The largest absolute Gasteiger partial charge is 0.478 e. The van der Waals surface area contributed by atoms with Gasteiger partial charge in [0.1, 0.15) is 0 Å². The van der Waals surface area contributed by atoms with Gasteiger partial charge in [0.15, 0.2) is 5.79 Å². The molecule has 0 unspecified atom stereocenters. The molecule has 0 spiro atoms. The number of nitrogens with one attached hydrogen (secondary N) is 1. The lowest BCUT2D eigenvalue weighted by molar-refractivity contribution is -0.329. The van der Waals surface area contributed by atoms with Crippen LogP contribution in [0.25, 0.3) is 0 Å².